The van der Waals surface area contributed by atoms with E-state index < -0.39 is 0 Å². The summed E-state index contributed by atoms with van der Waals surface area (Å²) in [4.78, 5) is 4.14. The monoisotopic (exact) mass is 227 g/mol. The van der Waals surface area contributed by atoms with Gasteiger partial charge in [0, 0.05) is 24.0 Å². The number of nitrogens with two attached hydrogens (primary N) is 1. The molecule has 0 fully saturated rings. The van der Waals surface area contributed by atoms with Crippen LogP contribution in [0.1, 0.15) is 0 Å². The number of anilines is 1. The van der Waals surface area contributed by atoms with Gasteiger partial charge >= 0.3 is 0 Å². The lowest BCUT2D eigenvalue weighted by Crippen LogP contribution is -1.96. The summed E-state index contributed by atoms with van der Waals surface area (Å²) in [7, 11) is 3.65. The minimum absolute atomic E-state index is 0.545. The van der Waals surface area contributed by atoms with Crippen LogP contribution in [0.15, 0.2) is 30.5 Å². The molecule has 1 aromatic carbocycles. The molecule has 0 saturated heterocycles. The maximum absolute atomic E-state index is 5.94. The van der Waals surface area contributed by atoms with Crippen molar-refractivity contribution in [1.29, 1.82) is 0 Å². The maximum atomic E-state index is 5.94. The van der Waals surface area contributed by atoms with Crippen LogP contribution in [0.2, 0.25) is 0 Å². The van der Waals surface area contributed by atoms with E-state index in [0.29, 0.717) is 5.82 Å². The second kappa shape index (κ2) is 3.38. The van der Waals surface area contributed by atoms with E-state index in [9.17, 15) is 0 Å². The summed E-state index contributed by atoms with van der Waals surface area (Å²) >= 11 is 0. The third-order valence-electron chi connectivity index (χ3n) is 3.13. The molecule has 2 aromatic heterocycles. The summed E-state index contributed by atoms with van der Waals surface area (Å²) in [6.45, 7) is 0. The summed E-state index contributed by atoms with van der Waals surface area (Å²) in [6, 6.07) is 7.98. The lowest BCUT2D eigenvalue weighted by Gasteiger charge is -2.04. The third kappa shape index (κ3) is 1.21. The predicted molar refractivity (Wildman–Crippen MR) is 69.2 cm³/mol. The van der Waals surface area contributed by atoms with Gasteiger partial charge in [0.2, 0.25) is 0 Å². The van der Waals surface area contributed by atoms with Crippen molar-refractivity contribution >= 4 is 27.6 Å². The number of aromatic nitrogens is 2. The normalized spacial score (nSPS) is 11.2. The van der Waals surface area contributed by atoms with E-state index in [4.69, 9.17) is 10.5 Å². The summed E-state index contributed by atoms with van der Waals surface area (Å²) in [5.74, 6) is 1.39. The number of methoxy groups -OCH3 is 1. The van der Waals surface area contributed by atoms with Crippen molar-refractivity contribution in [1.82, 2.24) is 9.55 Å². The minimum atomic E-state index is 0.545. The molecule has 0 aliphatic rings. The quantitative estimate of drug-likeness (QED) is 0.694. The van der Waals surface area contributed by atoms with Gasteiger partial charge in [0.15, 0.2) is 0 Å². The van der Waals surface area contributed by atoms with Crippen LogP contribution in [0, 0.1) is 0 Å². The molecule has 0 aliphatic carbocycles. The van der Waals surface area contributed by atoms with Gasteiger partial charge in [-0.1, -0.05) is 12.1 Å². The van der Waals surface area contributed by atoms with Crippen molar-refractivity contribution in [2.24, 2.45) is 7.05 Å². The van der Waals surface area contributed by atoms with Gasteiger partial charge in [-0.3, -0.25) is 0 Å². The van der Waals surface area contributed by atoms with E-state index in [1.807, 2.05) is 29.8 Å². The van der Waals surface area contributed by atoms with Crippen LogP contribution >= 0.6 is 0 Å². The Morgan fingerprint density at radius 3 is 2.71 bits per heavy atom. The van der Waals surface area contributed by atoms with Gasteiger partial charge < -0.3 is 15.0 Å². The Kier molecular flexibility index (Phi) is 1.98. The molecule has 4 heteroatoms. The molecule has 0 atom stereocenters. The minimum Gasteiger partial charge on any atom is -0.495 e. The first kappa shape index (κ1) is 9.96. The number of pyridine rings is 1. The number of hydrogen-bond acceptors (Lipinski definition) is 3. The number of nitrogens with zero attached hydrogens (tertiary/aromatic N) is 2. The average molecular weight is 227 g/mol. The van der Waals surface area contributed by atoms with Crippen molar-refractivity contribution in [2.45, 2.75) is 0 Å². The number of rotatable bonds is 1. The average Bonchev–Trinajstić information content (AvgIpc) is 2.65. The SMILES string of the molecule is COc1cccc2c3ccnc(N)c3n(C)c12. The molecule has 3 rings (SSSR count). The molecule has 0 spiro atoms. The number of fused-ring (bicyclic) bond motifs is 3. The highest BCUT2D eigenvalue weighted by Gasteiger charge is 2.13. The molecular weight excluding hydrogens is 214 g/mol. The fourth-order valence-electron chi connectivity index (χ4n) is 2.40. The Morgan fingerprint density at radius 2 is 1.94 bits per heavy atom. The molecule has 86 valence electrons. The standard InChI is InChI=1S/C13H13N3O/c1-16-11-8(4-3-5-10(11)17-2)9-6-7-15-13(14)12(9)16/h3-7H,1-2H3,(H2,14,15). The number of nitrogen functional groups attached to an aromatic ring is 1. The Labute approximate surface area is 98.6 Å². The van der Waals surface area contributed by atoms with Crippen molar-refractivity contribution in [2.75, 3.05) is 12.8 Å². The van der Waals surface area contributed by atoms with Crippen LogP contribution in [0.25, 0.3) is 21.8 Å². The summed E-state index contributed by atoms with van der Waals surface area (Å²) in [5.41, 5.74) is 7.94. The highest BCUT2D eigenvalue weighted by Crippen LogP contribution is 2.35. The summed E-state index contributed by atoms with van der Waals surface area (Å²) < 4.78 is 7.43. The molecular formula is C13H13N3O. The van der Waals surface area contributed by atoms with Crippen molar-refractivity contribution in [3.8, 4) is 5.75 Å². The van der Waals surface area contributed by atoms with Crippen LogP contribution in [0.5, 0.6) is 5.75 Å². The van der Waals surface area contributed by atoms with Crippen molar-refractivity contribution < 1.29 is 4.74 Å². The molecule has 4 nitrogen and oxygen atoms in total. The highest BCUT2D eigenvalue weighted by atomic mass is 16.5. The zero-order valence-electron chi connectivity index (χ0n) is 9.77. The maximum Gasteiger partial charge on any atom is 0.147 e. The van der Waals surface area contributed by atoms with Crippen LogP contribution in [0.4, 0.5) is 5.82 Å². The zero-order valence-corrected chi connectivity index (χ0v) is 9.77. The Hall–Kier alpha value is -2.23. The molecule has 0 aliphatic heterocycles. The Bertz CT molecular complexity index is 715. The van der Waals surface area contributed by atoms with Crippen LogP contribution < -0.4 is 10.5 Å². The van der Waals surface area contributed by atoms with Gasteiger partial charge in [0.25, 0.3) is 0 Å². The predicted octanol–water partition coefficient (Wildman–Crippen LogP) is 2.32. The second-order valence-corrected chi connectivity index (χ2v) is 4.01. The lowest BCUT2D eigenvalue weighted by molar-refractivity contribution is 0.418. The molecule has 2 N–H and O–H groups in total. The van der Waals surface area contributed by atoms with Gasteiger partial charge in [-0.15, -0.1) is 0 Å². The van der Waals surface area contributed by atoms with E-state index in [1.54, 1.807) is 13.3 Å². The Morgan fingerprint density at radius 1 is 1.18 bits per heavy atom. The molecule has 0 saturated carbocycles. The van der Waals surface area contributed by atoms with E-state index in [1.165, 1.54) is 0 Å². The van der Waals surface area contributed by atoms with E-state index in [-0.39, 0.29) is 0 Å². The van der Waals surface area contributed by atoms with Crippen LogP contribution in [-0.4, -0.2) is 16.7 Å². The van der Waals surface area contributed by atoms with Gasteiger partial charge in [0.1, 0.15) is 11.6 Å². The fraction of sp³-hybridized carbons (Fsp3) is 0.154. The van der Waals surface area contributed by atoms with Crippen LogP contribution in [-0.2, 0) is 7.05 Å². The second-order valence-electron chi connectivity index (χ2n) is 4.01. The Balaban J connectivity index is 2.63. The van der Waals surface area contributed by atoms with E-state index in [2.05, 4.69) is 11.1 Å². The van der Waals surface area contributed by atoms with E-state index >= 15 is 0 Å². The fourth-order valence-corrected chi connectivity index (χ4v) is 2.40. The molecule has 0 radical (unpaired) electrons. The number of hydrogen-bond donors (Lipinski definition) is 1. The summed E-state index contributed by atoms with van der Waals surface area (Å²) in [6.07, 6.45) is 1.73. The number of ether oxygens (including phenoxy) is 1. The largest absolute Gasteiger partial charge is 0.495 e. The number of benzene rings is 1. The molecule has 2 heterocycles. The van der Waals surface area contributed by atoms with Gasteiger partial charge in [0.05, 0.1) is 18.1 Å². The number of aryl methyl sites for hydroxylation is 1. The number of para-hydroxylation sites is 1. The van der Waals surface area contributed by atoms with Gasteiger partial charge in [-0.25, -0.2) is 4.98 Å². The van der Waals surface area contributed by atoms with Gasteiger partial charge in [-0.2, -0.15) is 0 Å². The third-order valence-corrected chi connectivity index (χ3v) is 3.13. The highest BCUT2D eigenvalue weighted by molar-refractivity contribution is 6.12. The molecule has 3 aromatic rings. The molecule has 0 amide bonds. The first-order chi connectivity index (χ1) is 8.24. The van der Waals surface area contributed by atoms with E-state index in [0.717, 1.165) is 27.6 Å². The van der Waals surface area contributed by atoms with Gasteiger partial charge in [-0.05, 0) is 12.1 Å². The van der Waals surface area contributed by atoms with Crippen LogP contribution in [0.3, 0.4) is 0 Å². The summed E-state index contributed by atoms with van der Waals surface area (Å²) in [5, 5.41) is 2.24. The molecule has 17 heavy (non-hydrogen) atoms. The first-order valence-corrected chi connectivity index (χ1v) is 5.39. The topological polar surface area (TPSA) is 53.1 Å². The first-order valence-electron chi connectivity index (χ1n) is 5.39. The van der Waals surface area contributed by atoms with Crippen molar-refractivity contribution in [3.63, 3.8) is 0 Å². The molecule has 0 unspecified atom stereocenters. The smallest absolute Gasteiger partial charge is 0.147 e. The lowest BCUT2D eigenvalue weighted by atomic mass is 10.2. The zero-order chi connectivity index (χ0) is 12.0. The molecule has 0 bridgehead atoms. The van der Waals surface area contributed by atoms with Crippen molar-refractivity contribution in [3.05, 3.63) is 30.5 Å².